The van der Waals surface area contributed by atoms with Crippen molar-refractivity contribution in [3.63, 3.8) is 0 Å². The number of rotatable bonds is 8. The molecule has 1 aromatic heterocycles. The summed E-state index contributed by atoms with van der Waals surface area (Å²) in [4.78, 5) is 14.4. The Morgan fingerprint density at radius 2 is 1.93 bits per heavy atom. The molecular weight excluding hydrogens is 349 g/mol. The highest BCUT2D eigenvalue weighted by Crippen LogP contribution is 2.08. The van der Waals surface area contributed by atoms with Gasteiger partial charge in [0.05, 0.1) is 13.2 Å². The van der Waals surface area contributed by atoms with Gasteiger partial charge in [0.15, 0.2) is 5.69 Å². The zero-order valence-electron chi connectivity index (χ0n) is 15.2. The van der Waals surface area contributed by atoms with Gasteiger partial charge in [-0.1, -0.05) is 18.2 Å². The van der Waals surface area contributed by atoms with Gasteiger partial charge in [-0.2, -0.15) is 0 Å². The number of nitrogens with zero attached hydrogens (tertiary/aromatic N) is 3. The van der Waals surface area contributed by atoms with Gasteiger partial charge >= 0.3 is 0 Å². The van der Waals surface area contributed by atoms with Gasteiger partial charge in [-0.3, -0.25) is 9.69 Å². The smallest absolute Gasteiger partial charge is 0.271 e. The van der Waals surface area contributed by atoms with E-state index in [0.717, 1.165) is 32.8 Å². The molecule has 0 unspecified atom stereocenters. The maximum Gasteiger partial charge on any atom is 0.271 e. The summed E-state index contributed by atoms with van der Waals surface area (Å²) in [5, 5.41) is 13.9. The lowest BCUT2D eigenvalue weighted by atomic mass is 10.1. The van der Waals surface area contributed by atoms with E-state index in [9.17, 15) is 9.18 Å². The van der Waals surface area contributed by atoms with Gasteiger partial charge in [-0.15, -0.1) is 10.2 Å². The fourth-order valence-electron chi connectivity index (χ4n) is 2.82. The first-order valence-electron chi connectivity index (χ1n) is 9.12. The van der Waals surface area contributed by atoms with E-state index in [-0.39, 0.29) is 17.4 Å². The first kappa shape index (κ1) is 19.2. The summed E-state index contributed by atoms with van der Waals surface area (Å²) in [7, 11) is 0. The van der Waals surface area contributed by atoms with Crippen molar-refractivity contribution in [2.45, 2.75) is 6.42 Å². The fourth-order valence-corrected chi connectivity index (χ4v) is 2.82. The minimum absolute atomic E-state index is 0.213. The molecule has 0 radical (unpaired) electrons. The molecule has 1 aromatic carbocycles. The van der Waals surface area contributed by atoms with Gasteiger partial charge in [0, 0.05) is 32.7 Å². The normalized spacial score (nSPS) is 14.7. The summed E-state index contributed by atoms with van der Waals surface area (Å²) < 4.78 is 18.9. The Morgan fingerprint density at radius 1 is 1.11 bits per heavy atom. The molecule has 0 spiro atoms. The van der Waals surface area contributed by atoms with Crippen LogP contribution in [0.15, 0.2) is 36.4 Å². The monoisotopic (exact) mass is 373 g/mol. The van der Waals surface area contributed by atoms with Crippen LogP contribution in [0.1, 0.15) is 16.1 Å². The molecular formula is C19H24FN5O2. The molecule has 1 fully saturated rings. The summed E-state index contributed by atoms with van der Waals surface area (Å²) in [6, 6.07) is 10.0. The Hall–Kier alpha value is -2.58. The summed E-state index contributed by atoms with van der Waals surface area (Å²) in [5.41, 5.74) is 0.922. The zero-order valence-corrected chi connectivity index (χ0v) is 15.2. The van der Waals surface area contributed by atoms with Crippen molar-refractivity contribution in [2.24, 2.45) is 0 Å². The lowest BCUT2D eigenvalue weighted by Gasteiger charge is -2.26. The molecule has 8 heteroatoms. The molecule has 2 aromatic rings. The van der Waals surface area contributed by atoms with Crippen molar-refractivity contribution in [1.29, 1.82) is 0 Å². The molecule has 2 N–H and O–H groups in total. The van der Waals surface area contributed by atoms with Crippen molar-refractivity contribution in [3.05, 3.63) is 53.5 Å². The van der Waals surface area contributed by atoms with Gasteiger partial charge in [0.2, 0.25) is 0 Å². The van der Waals surface area contributed by atoms with E-state index in [1.165, 1.54) is 6.07 Å². The van der Waals surface area contributed by atoms with Gasteiger partial charge in [-0.25, -0.2) is 4.39 Å². The predicted molar refractivity (Wildman–Crippen MR) is 100 cm³/mol. The number of anilines is 1. The second kappa shape index (κ2) is 9.94. The van der Waals surface area contributed by atoms with Crippen LogP contribution < -0.4 is 10.6 Å². The van der Waals surface area contributed by atoms with E-state index < -0.39 is 0 Å². The second-order valence-electron chi connectivity index (χ2n) is 6.28. The molecule has 1 aliphatic heterocycles. The average molecular weight is 373 g/mol. The van der Waals surface area contributed by atoms with Gasteiger partial charge in [-0.05, 0) is 30.2 Å². The Balaban J connectivity index is 1.39. The molecule has 7 nitrogen and oxygen atoms in total. The third kappa shape index (κ3) is 5.97. The summed E-state index contributed by atoms with van der Waals surface area (Å²) >= 11 is 0. The number of nitrogens with one attached hydrogen (secondary N) is 2. The minimum atomic E-state index is -0.242. The van der Waals surface area contributed by atoms with Crippen molar-refractivity contribution in [2.75, 3.05) is 51.3 Å². The number of ether oxygens (including phenoxy) is 1. The van der Waals surface area contributed by atoms with E-state index in [2.05, 4.69) is 25.7 Å². The Morgan fingerprint density at radius 3 is 2.67 bits per heavy atom. The molecule has 1 saturated heterocycles. The Labute approximate surface area is 157 Å². The topological polar surface area (TPSA) is 79.4 Å². The molecule has 0 atom stereocenters. The van der Waals surface area contributed by atoms with Crippen LogP contribution in [0, 0.1) is 5.82 Å². The maximum atomic E-state index is 13.6. The summed E-state index contributed by atoms with van der Waals surface area (Å²) in [6.45, 7) is 5.14. The lowest BCUT2D eigenvalue weighted by molar-refractivity contribution is 0.0383. The van der Waals surface area contributed by atoms with Crippen LogP contribution in [-0.2, 0) is 11.2 Å². The minimum Gasteiger partial charge on any atom is -0.379 e. The number of hydrogen-bond acceptors (Lipinski definition) is 6. The molecule has 0 aliphatic carbocycles. The van der Waals surface area contributed by atoms with E-state index in [4.69, 9.17) is 4.74 Å². The van der Waals surface area contributed by atoms with Crippen LogP contribution in [0.4, 0.5) is 10.2 Å². The molecule has 2 heterocycles. The van der Waals surface area contributed by atoms with Crippen LogP contribution in [0.2, 0.25) is 0 Å². The number of carbonyl (C=O) groups is 1. The number of hydrogen-bond donors (Lipinski definition) is 2. The van der Waals surface area contributed by atoms with Crippen LogP contribution in [0.25, 0.3) is 0 Å². The average Bonchev–Trinajstić information content (AvgIpc) is 2.71. The molecule has 144 valence electrons. The summed E-state index contributed by atoms with van der Waals surface area (Å²) in [6.07, 6.45) is 0.540. The van der Waals surface area contributed by atoms with Crippen LogP contribution in [0.3, 0.4) is 0 Å². The highest BCUT2D eigenvalue weighted by molar-refractivity contribution is 5.92. The predicted octanol–water partition coefficient (Wildman–Crippen LogP) is 1.33. The van der Waals surface area contributed by atoms with E-state index in [1.54, 1.807) is 24.3 Å². The van der Waals surface area contributed by atoms with Crippen molar-refractivity contribution >= 4 is 11.7 Å². The molecule has 1 aliphatic rings. The largest absolute Gasteiger partial charge is 0.379 e. The zero-order chi connectivity index (χ0) is 18.9. The number of halogens is 1. The van der Waals surface area contributed by atoms with Crippen molar-refractivity contribution in [1.82, 2.24) is 20.4 Å². The fraction of sp³-hybridized carbons (Fsp3) is 0.421. The molecule has 0 saturated carbocycles. The van der Waals surface area contributed by atoms with Crippen LogP contribution >= 0.6 is 0 Å². The van der Waals surface area contributed by atoms with E-state index in [0.29, 0.717) is 30.9 Å². The highest BCUT2D eigenvalue weighted by Gasteiger charge is 2.12. The number of benzene rings is 1. The van der Waals surface area contributed by atoms with Crippen LogP contribution in [-0.4, -0.2) is 66.9 Å². The standard InChI is InChI=1S/C19H24FN5O2/c20-16-4-2-1-3-15(16)7-8-21-18-6-5-17(23-24-18)19(26)22-9-10-25-11-13-27-14-12-25/h1-6H,7-14H2,(H,21,24)(H,22,26). The molecule has 27 heavy (non-hydrogen) atoms. The maximum absolute atomic E-state index is 13.6. The Bertz CT molecular complexity index is 735. The SMILES string of the molecule is O=C(NCCN1CCOCC1)c1ccc(NCCc2ccccc2F)nn1. The molecule has 1 amide bonds. The number of carbonyl (C=O) groups excluding carboxylic acids is 1. The van der Waals surface area contributed by atoms with Gasteiger partial charge < -0.3 is 15.4 Å². The quantitative estimate of drug-likeness (QED) is 0.727. The van der Waals surface area contributed by atoms with Gasteiger partial charge in [0.1, 0.15) is 11.6 Å². The van der Waals surface area contributed by atoms with E-state index >= 15 is 0 Å². The van der Waals surface area contributed by atoms with Gasteiger partial charge in [0.25, 0.3) is 5.91 Å². The third-order valence-electron chi connectivity index (χ3n) is 4.37. The second-order valence-corrected chi connectivity index (χ2v) is 6.28. The van der Waals surface area contributed by atoms with Crippen LogP contribution in [0.5, 0.6) is 0 Å². The van der Waals surface area contributed by atoms with Crippen molar-refractivity contribution in [3.8, 4) is 0 Å². The first-order valence-corrected chi connectivity index (χ1v) is 9.12. The summed E-state index contributed by atoms with van der Waals surface area (Å²) in [5.74, 6) is 0.0966. The number of morpholine rings is 1. The third-order valence-corrected chi connectivity index (χ3v) is 4.37. The lowest BCUT2D eigenvalue weighted by Crippen LogP contribution is -2.41. The first-order chi connectivity index (χ1) is 13.2. The van der Waals surface area contributed by atoms with Crippen molar-refractivity contribution < 1.29 is 13.9 Å². The molecule has 0 bridgehead atoms. The molecule has 3 rings (SSSR count). The Kier molecular flexibility index (Phi) is 7.06. The highest BCUT2D eigenvalue weighted by atomic mass is 19.1. The van der Waals surface area contributed by atoms with E-state index in [1.807, 2.05) is 6.07 Å². The number of amides is 1. The number of aromatic nitrogens is 2.